The molecule has 1 aliphatic heterocycles. The van der Waals surface area contributed by atoms with Gasteiger partial charge in [0.25, 0.3) is 10.0 Å². The van der Waals surface area contributed by atoms with Gasteiger partial charge < -0.3 is 10.6 Å². The number of fused-ring (bicyclic) bond motifs is 6. The lowest BCUT2D eigenvalue weighted by atomic mass is 10.0. The summed E-state index contributed by atoms with van der Waals surface area (Å²) in [4.78, 5) is 8.98. The molecule has 1 aromatic heterocycles. The first-order valence-corrected chi connectivity index (χ1v) is 12.6. The third kappa shape index (κ3) is 4.83. The Morgan fingerprint density at radius 3 is 2.56 bits per heavy atom. The molecule has 3 N–H and O–H groups in total. The van der Waals surface area contributed by atoms with Crippen molar-refractivity contribution in [3.05, 3.63) is 94.6 Å². The van der Waals surface area contributed by atoms with Crippen molar-refractivity contribution in [3.8, 4) is 0 Å². The predicted molar refractivity (Wildman–Crippen MR) is 136 cm³/mol. The molecule has 0 atom stereocenters. The summed E-state index contributed by atoms with van der Waals surface area (Å²) in [7, 11) is -3.73. The quantitative estimate of drug-likeness (QED) is 0.334. The Labute approximate surface area is 203 Å². The summed E-state index contributed by atoms with van der Waals surface area (Å²) < 4.78 is 28.8. The summed E-state index contributed by atoms with van der Waals surface area (Å²) in [5, 5.41) is 6.81. The van der Waals surface area contributed by atoms with Gasteiger partial charge in [0, 0.05) is 11.4 Å². The zero-order chi connectivity index (χ0) is 23.7. The molecule has 5 rings (SSSR count). The number of nitrogens with one attached hydrogen (secondary N) is 3. The number of rotatable bonds is 3. The summed E-state index contributed by atoms with van der Waals surface area (Å²) >= 11 is 6.32. The minimum atomic E-state index is -3.73. The van der Waals surface area contributed by atoms with Crippen LogP contribution in [0.15, 0.2) is 77.8 Å². The van der Waals surface area contributed by atoms with E-state index in [0.29, 0.717) is 28.9 Å². The van der Waals surface area contributed by atoms with Crippen LogP contribution in [0.2, 0.25) is 5.02 Å². The minimum absolute atomic E-state index is 0.219. The monoisotopic (exact) mass is 491 g/mol. The zero-order valence-electron chi connectivity index (χ0n) is 18.3. The molecule has 3 aromatic carbocycles. The summed E-state index contributed by atoms with van der Waals surface area (Å²) in [6.07, 6.45) is 2.88. The second-order valence-corrected chi connectivity index (χ2v) is 10.2. The van der Waals surface area contributed by atoms with Gasteiger partial charge in [0.15, 0.2) is 5.82 Å². The van der Waals surface area contributed by atoms with Gasteiger partial charge in [-0.25, -0.2) is 13.4 Å². The van der Waals surface area contributed by atoms with Crippen molar-refractivity contribution in [2.75, 3.05) is 15.4 Å². The SMILES string of the molecule is Cc1ccc(S(=O)(=O)Nc2ccc3cc2CCc2cccc(c2)Nc2ncc(Cl)c(n2)N3)cc1. The molecule has 172 valence electrons. The maximum absolute atomic E-state index is 13.0. The van der Waals surface area contributed by atoms with Crippen LogP contribution in [0.1, 0.15) is 16.7 Å². The molecule has 0 amide bonds. The highest BCUT2D eigenvalue weighted by molar-refractivity contribution is 7.92. The number of nitrogens with zero attached hydrogens (tertiary/aromatic N) is 2. The van der Waals surface area contributed by atoms with Crippen LogP contribution in [0, 0.1) is 6.92 Å². The number of sulfonamides is 1. The number of aromatic nitrogens is 2. The summed E-state index contributed by atoms with van der Waals surface area (Å²) in [5.74, 6) is 0.875. The Bertz CT molecular complexity index is 1470. The molecule has 34 heavy (non-hydrogen) atoms. The van der Waals surface area contributed by atoms with Gasteiger partial charge in [0.1, 0.15) is 5.02 Å². The van der Waals surface area contributed by atoms with Crippen LogP contribution in [0.25, 0.3) is 0 Å². The molecule has 0 radical (unpaired) electrons. The number of halogens is 1. The van der Waals surface area contributed by atoms with Crippen LogP contribution in [0.4, 0.5) is 28.8 Å². The normalized spacial score (nSPS) is 12.9. The molecule has 0 unspecified atom stereocenters. The number of hydrogen-bond acceptors (Lipinski definition) is 6. The first-order chi connectivity index (χ1) is 16.4. The van der Waals surface area contributed by atoms with Gasteiger partial charge in [-0.05, 0) is 73.4 Å². The maximum atomic E-state index is 13.0. The molecular formula is C25H22ClN5O2S. The van der Waals surface area contributed by atoms with Crippen molar-refractivity contribution >= 4 is 50.5 Å². The van der Waals surface area contributed by atoms with Crippen molar-refractivity contribution in [1.82, 2.24) is 9.97 Å². The molecular weight excluding hydrogens is 470 g/mol. The maximum Gasteiger partial charge on any atom is 0.261 e. The molecule has 2 heterocycles. The second kappa shape index (κ2) is 8.96. The Kier molecular flexibility index (Phi) is 5.85. The molecule has 6 bridgehead atoms. The minimum Gasteiger partial charge on any atom is -0.339 e. The Hall–Kier alpha value is -3.62. The number of benzene rings is 3. The predicted octanol–water partition coefficient (Wildman–Crippen LogP) is 5.83. The van der Waals surface area contributed by atoms with Crippen molar-refractivity contribution in [2.24, 2.45) is 0 Å². The fraction of sp³-hybridized carbons (Fsp3) is 0.120. The largest absolute Gasteiger partial charge is 0.339 e. The fourth-order valence-corrected chi connectivity index (χ4v) is 5.00. The fourth-order valence-electron chi connectivity index (χ4n) is 3.76. The molecule has 1 aliphatic rings. The smallest absolute Gasteiger partial charge is 0.261 e. The third-order valence-electron chi connectivity index (χ3n) is 5.55. The van der Waals surface area contributed by atoms with Gasteiger partial charge in [-0.3, -0.25) is 4.72 Å². The van der Waals surface area contributed by atoms with E-state index in [4.69, 9.17) is 11.6 Å². The van der Waals surface area contributed by atoms with Gasteiger partial charge in [-0.15, -0.1) is 0 Å². The third-order valence-corrected chi connectivity index (χ3v) is 7.21. The first-order valence-electron chi connectivity index (χ1n) is 10.7. The van der Waals surface area contributed by atoms with Crippen LogP contribution < -0.4 is 15.4 Å². The van der Waals surface area contributed by atoms with Crippen molar-refractivity contribution < 1.29 is 8.42 Å². The highest BCUT2D eigenvalue weighted by Crippen LogP contribution is 2.30. The summed E-state index contributed by atoms with van der Waals surface area (Å²) in [6.45, 7) is 1.92. The van der Waals surface area contributed by atoms with Gasteiger partial charge >= 0.3 is 0 Å². The standard InChI is InChI=1S/C25H22ClN5O2S/c1-16-5-10-21(11-6-16)34(32,33)31-23-12-9-20-14-18(23)8-7-17-3-2-4-19(13-17)29-25-27-15-22(26)24(28-20)30-25/h2-6,9-15,31H,7-8H2,1H3,(H2,27,28,29,30). The van der Waals surface area contributed by atoms with E-state index in [9.17, 15) is 8.42 Å². The molecule has 0 spiro atoms. The molecule has 7 nitrogen and oxygen atoms in total. The lowest BCUT2D eigenvalue weighted by molar-refractivity contribution is 0.601. The molecule has 0 saturated heterocycles. The van der Waals surface area contributed by atoms with Crippen molar-refractivity contribution in [3.63, 3.8) is 0 Å². The van der Waals surface area contributed by atoms with Gasteiger partial charge in [-0.1, -0.05) is 41.4 Å². The Morgan fingerprint density at radius 2 is 1.74 bits per heavy atom. The van der Waals surface area contributed by atoms with Crippen LogP contribution in [-0.2, 0) is 22.9 Å². The number of anilines is 5. The Morgan fingerprint density at radius 1 is 0.941 bits per heavy atom. The van der Waals surface area contributed by atoms with Crippen LogP contribution in [0.3, 0.4) is 0 Å². The van der Waals surface area contributed by atoms with Crippen molar-refractivity contribution in [1.29, 1.82) is 0 Å². The van der Waals surface area contributed by atoms with E-state index in [0.717, 1.165) is 34.5 Å². The van der Waals surface area contributed by atoms with Gasteiger partial charge in [0.05, 0.1) is 16.8 Å². The molecule has 9 heteroatoms. The van der Waals surface area contributed by atoms with E-state index in [-0.39, 0.29) is 4.90 Å². The number of aryl methyl sites for hydroxylation is 3. The van der Waals surface area contributed by atoms with E-state index in [1.165, 1.54) is 6.20 Å². The van der Waals surface area contributed by atoms with Crippen LogP contribution in [0.5, 0.6) is 0 Å². The molecule has 0 fully saturated rings. The topological polar surface area (TPSA) is 96.0 Å². The Balaban J connectivity index is 1.55. The van der Waals surface area contributed by atoms with Crippen LogP contribution >= 0.6 is 11.6 Å². The lowest BCUT2D eigenvalue weighted by Gasteiger charge is -2.15. The highest BCUT2D eigenvalue weighted by atomic mass is 35.5. The van der Waals surface area contributed by atoms with Crippen molar-refractivity contribution in [2.45, 2.75) is 24.7 Å². The molecule has 4 aromatic rings. The van der Waals surface area contributed by atoms with E-state index in [1.807, 2.05) is 37.3 Å². The van der Waals surface area contributed by atoms with Gasteiger partial charge in [-0.2, -0.15) is 4.98 Å². The van der Waals surface area contributed by atoms with E-state index < -0.39 is 10.0 Å². The van der Waals surface area contributed by atoms with Gasteiger partial charge in [0.2, 0.25) is 5.95 Å². The summed E-state index contributed by atoms with van der Waals surface area (Å²) in [6, 6.07) is 20.2. The summed E-state index contributed by atoms with van der Waals surface area (Å²) in [5.41, 5.74) is 5.08. The second-order valence-electron chi connectivity index (χ2n) is 8.13. The van der Waals surface area contributed by atoms with E-state index >= 15 is 0 Å². The highest BCUT2D eigenvalue weighted by Gasteiger charge is 2.17. The lowest BCUT2D eigenvalue weighted by Crippen LogP contribution is -2.14. The van der Waals surface area contributed by atoms with Crippen LogP contribution in [-0.4, -0.2) is 18.4 Å². The van der Waals surface area contributed by atoms with E-state index in [1.54, 1.807) is 36.4 Å². The zero-order valence-corrected chi connectivity index (χ0v) is 19.9. The van der Waals surface area contributed by atoms with E-state index in [2.05, 4.69) is 25.3 Å². The first kappa shape index (κ1) is 22.2. The average Bonchev–Trinajstić information content (AvgIpc) is 2.81. The number of hydrogen-bond donors (Lipinski definition) is 3. The molecule has 0 saturated carbocycles. The molecule has 0 aliphatic carbocycles. The average molecular weight is 492 g/mol.